The van der Waals surface area contributed by atoms with E-state index in [1.807, 2.05) is 36.9 Å². The summed E-state index contributed by atoms with van der Waals surface area (Å²) in [6.45, 7) is 3.76. The standard InChI is InChI=1S/C23H27N5O2.H2/c1-14-25-22(27-30-14)23(2,13-15-4-5-15)26-21(29)17-8-9-18(16-6-7-16)19(12-17)20-10-11-24-28(20)3;/h8-12,15-16H,4-7,13H2,1-3H3,(H,26,29);1H/t23-;/m0./s1. The van der Waals surface area contributed by atoms with Gasteiger partial charge < -0.3 is 9.84 Å². The van der Waals surface area contributed by atoms with Gasteiger partial charge in [0.15, 0.2) is 5.82 Å². The van der Waals surface area contributed by atoms with E-state index in [2.05, 4.69) is 26.6 Å². The number of benzene rings is 1. The van der Waals surface area contributed by atoms with Crippen LogP contribution < -0.4 is 5.32 Å². The molecule has 1 amide bonds. The number of hydrogen-bond acceptors (Lipinski definition) is 5. The highest BCUT2D eigenvalue weighted by Crippen LogP contribution is 2.45. The number of aromatic nitrogens is 4. The molecular weight excluding hydrogens is 378 g/mol. The van der Waals surface area contributed by atoms with Crippen LogP contribution in [0.5, 0.6) is 0 Å². The summed E-state index contributed by atoms with van der Waals surface area (Å²) in [5.41, 5.74) is 3.39. The lowest BCUT2D eigenvalue weighted by Gasteiger charge is -2.28. The summed E-state index contributed by atoms with van der Waals surface area (Å²) in [4.78, 5) is 17.7. The second kappa shape index (κ2) is 7.07. The topological polar surface area (TPSA) is 85.8 Å². The highest BCUT2D eigenvalue weighted by Gasteiger charge is 2.39. The van der Waals surface area contributed by atoms with Crippen molar-refractivity contribution in [1.29, 1.82) is 0 Å². The second-order valence-corrected chi connectivity index (χ2v) is 8.99. The lowest BCUT2D eigenvalue weighted by molar-refractivity contribution is 0.0890. The molecule has 7 nitrogen and oxygen atoms in total. The lowest BCUT2D eigenvalue weighted by Crippen LogP contribution is -2.44. The molecule has 0 spiro atoms. The first-order chi connectivity index (χ1) is 14.4. The van der Waals surface area contributed by atoms with E-state index >= 15 is 0 Å². The van der Waals surface area contributed by atoms with Gasteiger partial charge in [-0.15, -0.1) is 0 Å². The maximum absolute atomic E-state index is 13.3. The number of carbonyl (C=O) groups excluding carboxylic acids is 1. The van der Waals surface area contributed by atoms with Crippen molar-refractivity contribution in [2.24, 2.45) is 13.0 Å². The van der Waals surface area contributed by atoms with Crippen LogP contribution >= 0.6 is 0 Å². The molecule has 3 aromatic rings. The van der Waals surface area contributed by atoms with Crippen molar-refractivity contribution in [3.63, 3.8) is 0 Å². The van der Waals surface area contributed by atoms with Crippen molar-refractivity contribution in [1.82, 2.24) is 25.2 Å². The van der Waals surface area contributed by atoms with Crippen LogP contribution in [0.15, 0.2) is 35.0 Å². The fraction of sp³-hybridized carbons (Fsp3) is 0.478. The fourth-order valence-corrected chi connectivity index (χ4v) is 4.25. The van der Waals surface area contributed by atoms with E-state index in [4.69, 9.17) is 4.52 Å². The molecule has 2 heterocycles. The van der Waals surface area contributed by atoms with E-state index in [9.17, 15) is 4.79 Å². The molecule has 0 unspecified atom stereocenters. The number of rotatable bonds is 7. The van der Waals surface area contributed by atoms with Crippen molar-refractivity contribution < 1.29 is 10.7 Å². The first-order valence-corrected chi connectivity index (χ1v) is 10.7. The molecule has 0 radical (unpaired) electrons. The summed E-state index contributed by atoms with van der Waals surface area (Å²) in [6.07, 6.45) is 7.38. The Morgan fingerprint density at radius 3 is 2.70 bits per heavy atom. The van der Waals surface area contributed by atoms with Gasteiger partial charge in [-0.2, -0.15) is 10.1 Å². The Balaban J connectivity index is 0.00000231. The van der Waals surface area contributed by atoms with Gasteiger partial charge in [0.1, 0.15) is 5.54 Å². The molecule has 1 atom stereocenters. The zero-order valence-electron chi connectivity index (χ0n) is 17.7. The molecule has 1 N–H and O–H groups in total. The van der Waals surface area contributed by atoms with Crippen LogP contribution in [0.25, 0.3) is 11.3 Å². The van der Waals surface area contributed by atoms with Crippen LogP contribution in [-0.4, -0.2) is 25.8 Å². The normalized spacial score (nSPS) is 18.2. The first-order valence-electron chi connectivity index (χ1n) is 10.7. The number of nitrogens with one attached hydrogen (secondary N) is 1. The largest absolute Gasteiger partial charge is 0.340 e. The minimum absolute atomic E-state index is 0. The van der Waals surface area contributed by atoms with Crippen LogP contribution in [0, 0.1) is 12.8 Å². The van der Waals surface area contributed by atoms with Gasteiger partial charge in [-0.3, -0.25) is 9.48 Å². The van der Waals surface area contributed by atoms with Gasteiger partial charge >= 0.3 is 0 Å². The summed E-state index contributed by atoms with van der Waals surface area (Å²) >= 11 is 0. The zero-order chi connectivity index (χ0) is 20.9. The van der Waals surface area contributed by atoms with Crippen molar-refractivity contribution in [3.8, 4) is 11.3 Å². The number of aryl methyl sites for hydroxylation is 2. The van der Waals surface area contributed by atoms with Crippen LogP contribution in [0.4, 0.5) is 0 Å². The molecule has 0 aliphatic heterocycles. The van der Waals surface area contributed by atoms with Gasteiger partial charge in [0.25, 0.3) is 5.91 Å². The Hall–Kier alpha value is -2.96. The quantitative estimate of drug-likeness (QED) is 0.629. The van der Waals surface area contributed by atoms with Gasteiger partial charge in [-0.25, -0.2) is 0 Å². The maximum Gasteiger partial charge on any atom is 0.252 e. The number of hydrogen-bond donors (Lipinski definition) is 1. The van der Waals surface area contributed by atoms with Crippen LogP contribution in [0.3, 0.4) is 0 Å². The SMILES string of the molecule is Cc1nc([C@](C)(CC2CC2)NC(=O)c2ccc(C3CC3)c(-c3ccnn3C)c2)no1.[HH]. The van der Waals surface area contributed by atoms with Crippen LogP contribution in [0.2, 0.25) is 0 Å². The number of nitrogens with zero attached hydrogens (tertiary/aromatic N) is 4. The smallest absolute Gasteiger partial charge is 0.252 e. The zero-order valence-corrected chi connectivity index (χ0v) is 17.7. The van der Waals surface area contributed by atoms with Crippen molar-refractivity contribution in [2.45, 2.75) is 57.4 Å². The molecule has 2 fully saturated rings. The highest BCUT2D eigenvalue weighted by atomic mass is 16.5. The molecule has 2 aliphatic rings. The Morgan fingerprint density at radius 2 is 2.10 bits per heavy atom. The molecule has 0 saturated heterocycles. The van der Waals surface area contributed by atoms with E-state index in [0.29, 0.717) is 29.1 Å². The molecule has 158 valence electrons. The van der Waals surface area contributed by atoms with Crippen molar-refractivity contribution in [2.75, 3.05) is 0 Å². The molecular formula is C23H29N5O2. The van der Waals surface area contributed by atoms with Gasteiger partial charge in [0.2, 0.25) is 5.89 Å². The average Bonchev–Trinajstić information content (AvgIpc) is 3.64. The lowest BCUT2D eigenvalue weighted by atomic mass is 9.92. The van der Waals surface area contributed by atoms with Crippen LogP contribution in [-0.2, 0) is 12.6 Å². The summed E-state index contributed by atoms with van der Waals surface area (Å²) in [6, 6.07) is 8.04. The Kier molecular flexibility index (Phi) is 4.49. The molecule has 1 aromatic carbocycles. The van der Waals surface area contributed by atoms with E-state index in [0.717, 1.165) is 17.7 Å². The summed E-state index contributed by atoms with van der Waals surface area (Å²) in [5, 5.41) is 11.7. The van der Waals surface area contributed by atoms with E-state index in [1.54, 1.807) is 13.1 Å². The molecule has 2 saturated carbocycles. The third kappa shape index (κ3) is 3.64. The average molecular weight is 408 g/mol. The predicted octanol–water partition coefficient (Wildman–Crippen LogP) is 4.35. The second-order valence-electron chi connectivity index (χ2n) is 8.99. The molecule has 5 rings (SSSR count). The summed E-state index contributed by atoms with van der Waals surface area (Å²) in [7, 11) is 1.93. The Bertz CT molecular complexity index is 1100. The minimum atomic E-state index is -0.655. The van der Waals surface area contributed by atoms with Gasteiger partial charge in [0, 0.05) is 32.7 Å². The van der Waals surface area contributed by atoms with Gasteiger partial charge in [-0.1, -0.05) is 24.1 Å². The van der Waals surface area contributed by atoms with Crippen LogP contribution in [0.1, 0.15) is 74.0 Å². The third-order valence-electron chi connectivity index (χ3n) is 6.23. The summed E-state index contributed by atoms with van der Waals surface area (Å²) < 4.78 is 7.07. The molecule has 2 aliphatic carbocycles. The predicted molar refractivity (Wildman–Crippen MR) is 114 cm³/mol. The minimum Gasteiger partial charge on any atom is -0.340 e. The molecule has 30 heavy (non-hydrogen) atoms. The van der Waals surface area contributed by atoms with Gasteiger partial charge in [0.05, 0.1) is 5.69 Å². The highest BCUT2D eigenvalue weighted by molar-refractivity contribution is 5.96. The maximum atomic E-state index is 13.3. The Morgan fingerprint density at radius 1 is 1.30 bits per heavy atom. The third-order valence-corrected chi connectivity index (χ3v) is 6.23. The molecule has 7 heteroatoms. The van der Waals surface area contributed by atoms with Gasteiger partial charge in [-0.05, 0) is 61.8 Å². The van der Waals surface area contributed by atoms with E-state index in [1.165, 1.54) is 31.2 Å². The van der Waals surface area contributed by atoms with Crippen molar-refractivity contribution >= 4 is 5.91 Å². The van der Waals surface area contributed by atoms with E-state index < -0.39 is 5.54 Å². The first kappa shape index (κ1) is 19.0. The molecule has 0 bridgehead atoms. The monoisotopic (exact) mass is 407 g/mol. The number of carbonyl (C=O) groups is 1. The summed E-state index contributed by atoms with van der Waals surface area (Å²) in [5.74, 6) is 2.10. The number of amides is 1. The fourth-order valence-electron chi connectivity index (χ4n) is 4.25. The Labute approximate surface area is 177 Å². The molecule has 2 aromatic heterocycles. The van der Waals surface area contributed by atoms with Crippen molar-refractivity contribution in [3.05, 3.63) is 53.3 Å². The van der Waals surface area contributed by atoms with E-state index in [-0.39, 0.29) is 7.33 Å².